The first-order chi connectivity index (χ1) is 13.1. The Labute approximate surface area is 167 Å². The van der Waals surface area contributed by atoms with E-state index in [1.807, 2.05) is 6.92 Å². The monoisotopic (exact) mass is 382 g/mol. The standard InChI is InChI=1S/C25H44F2/c1-3-5-18-6-11-21(12-7-18)22-13-8-19(9-14-22)10-15-23-17-16-20(4-2)24(26)25(23)27/h18-25H,3-17H2,1-2H3. The summed E-state index contributed by atoms with van der Waals surface area (Å²) in [5.41, 5.74) is 0. The van der Waals surface area contributed by atoms with Gasteiger partial charge >= 0.3 is 0 Å². The van der Waals surface area contributed by atoms with Crippen LogP contribution >= 0.6 is 0 Å². The van der Waals surface area contributed by atoms with Crippen molar-refractivity contribution in [1.29, 1.82) is 0 Å². The molecule has 0 N–H and O–H groups in total. The quantitative estimate of drug-likeness (QED) is 0.415. The summed E-state index contributed by atoms with van der Waals surface area (Å²) in [6, 6.07) is 0. The van der Waals surface area contributed by atoms with Gasteiger partial charge in [0.1, 0.15) is 12.3 Å². The molecule has 0 bridgehead atoms. The minimum atomic E-state index is -1.20. The van der Waals surface area contributed by atoms with E-state index in [0.29, 0.717) is 0 Å². The lowest BCUT2D eigenvalue weighted by Crippen LogP contribution is -2.38. The number of hydrogen-bond acceptors (Lipinski definition) is 0. The van der Waals surface area contributed by atoms with Crippen molar-refractivity contribution < 1.29 is 8.78 Å². The second kappa shape index (κ2) is 10.6. The van der Waals surface area contributed by atoms with E-state index in [-0.39, 0.29) is 11.8 Å². The number of hydrogen-bond donors (Lipinski definition) is 0. The lowest BCUT2D eigenvalue weighted by molar-refractivity contribution is 0.0148. The van der Waals surface area contributed by atoms with Gasteiger partial charge in [-0.15, -0.1) is 0 Å². The Hall–Kier alpha value is -0.140. The molecule has 0 aromatic heterocycles. The van der Waals surface area contributed by atoms with Crippen LogP contribution in [0.4, 0.5) is 8.78 Å². The van der Waals surface area contributed by atoms with Gasteiger partial charge in [0.15, 0.2) is 0 Å². The second-order valence-corrected chi connectivity index (χ2v) is 10.3. The minimum Gasteiger partial charge on any atom is -0.244 e. The zero-order valence-corrected chi connectivity index (χ0v) is 18.0. The summed E-state index contributed by atoms with van der Waals surface area (Å²) < 4.78 is 28.7. The smallest absolute Gasteiger partial charge is 0.134 e. The van der Waals surface area contributed by atoms with Gasteiger partial charge in [0.2, 0.25) is 0 Å². The topological polar surface area (TPSA) is 0 Å². The van der Waals surface area contributed by atoms with E-state index in [1.165, 1.54) is 64.2 Å². The molecule has 3 saturated carbocycles. The van der Waals surface area contributed by atoms with Crippen molar-refractivity contribution in [2.75, 3.05) is 0 Å². The summed E-state index contributed by atoms with van der Waals surface area (Å²) in [5, 5.41) is 0. The average molecular weight is 383 g/mol. The molecule has 0 aromatic rings. The van der Waals surface area contributed by atoms with Crippen LogP contribution in [0.3, 0.4) is 0 Å². The van der Waals surface area contributed by atoms with Gasteiger partial charge in [0, 0.05) is 0 Å². The van der Waals surface area contributed by atoms with Crippen LogP contribution in [0.5, 0.6) is 0 Å². The highest BCUT2D eigenvalue weighted by Gasteiger charge is 2.39. The third kappa shape index (κ3) is 5.69. The first-order valence-electron chi connectivity index (χ1n) is 12.4. The van der Waals surface area contributed by atoms with Crippen molar-refractivity contribution in [3.8, 4) is 0 Å². The SMILES string of the molecule is CCCC1CCC(C2CCC(CCC3CCC(CC)C(F)C3F)CC2)CC1. The molecule has 3 aliphatic carbocycles. The lowest BCUT2D eigenvalue weighted by Gasteiger charge is -2.39. The van der Waals surface area contributed by atoms with E-state index in [9.17, 15) is 8.78 Å². The van der Waals surface area contributed by atoms with Gasteiger partial charge < -0.3 is 0 Å². The molecular formula is C25H44F2. The molecule has 0 amide bonds. The van der Waals surface area contributed by atoms with Crippen molar-refractivity contribution in [2.45, 2.75) is 123 Å². The van der Waals surface area contributed by atoms with Gasteiger partial charge in [0.05, 0.1) is 0 Å². The first kappa shape index (κ1) is 21.6. The molecule has 0 nitrogen and oxygen atoms in total. The molecule has 2 heteroatoms. The molecule has 3 fully saturated rings. The molecule has 0 spiro atoms. The van der Waals surface area contributed by atoms with Crippen molar-refractivity contribution in [3.63, 3.8) is 0 Å². The predicted molar refractivity (Wildman–Crippen MR) is 111 cm³/mol. The van der Waals surface area contributed by atoms with Crippen LogP contribution in [0.1, 0.15) is 110 Å². The Balaban J connectivity index is 1.34. The van der Waals surface area contributed by atoms with E-state index in [1.54, 1.807) is 0 Å². The molecule has 3 rings (SSSR count). The molecule has 4 atom stereocenters. The molecule has 0 aliphatic heterocycles. The van der Waals surface area contributed by atoms with E-state index in [0.717, 1.165) is 55.8 Å². The van der Waals surface area contributed by atoms with Crippen LogP contribution in [0, 0.1) is 35.5 Å². The number of halogens is 2. The molecule has 0 aromatic carbocycles. The third-order valence-corrected chi connectivity index (χ3v) is 8.73. The molecule has 3 aliphatic rings. The maximum Gasteiger partial charge on any atom is 0.134 e. The zero-order valence-electron chi connectivity index (χ0n) is 18.0. The fourth-order valence-electron chi connectivity index (χ4n) is 6.75. The van der Waals surface area contributed by atoms with Gasteiger partial charge in [-0.3, -0.25) is 0 Å². The molecule has 158 valence electrons. The molecule has 27 heavy (non-hydrogen) atoms. The van der Waals surface area contributed by atoms with E-state index in [4.69, 9.17) is 0 Å². The molecule has 0 radical (unpaired) electrons. The van der Waals surface area contributed by atoms with Crippen molar-refractivity contribution in [2.24, 2.45) is 35.5 Å². The number of alkyl halides is 2. The van der Waals surface area contributed by atoms with Crippen molar-refractivity contribution in [3.05, 3.63) is 0 Å². The Morgan fingerprint density at radius 1 is 0.556 bits per heavy atom. The zero-order chi connectivity index (χ0) is 19.2. The fraction of sp³-hybridized carbons (Fsp3) is 1.00. The summed E-state index contributed by atoms with van der Waals surface area (Å²) >= 11 is 0. The fourth-order valence-corrected chi connectivity index (χ4v) is 6.75. The summed E-state index contributed by atoms with van der Waals surface area (Å²) in [6.45, 7) is 4.32. The Morgan fingerprint density at radius 2 is 1.04 bits per heavy atom. The van der Waals surface area contributed by atoms with Gasteiger partial charge in [0.25, 0.3) is 0 Å². The highest BCUT2D eigenvalue weighted by atomic mass is 19.2. The maximum atomic E-state index is 14.4. The summed E-state index contributed by atoms with van der Waals surface area (Å²) in [4.78, 5) is 0. The molecular weight excluding hydrogens is 338 g/mol. The van der Waals surface area contributed by atoms with Crippen LogP contribution in [0.25, 0.3) is 0 Å². The average Bonchev–Trinajstić information content (AvgIpc) is 2.70. The largest absolute Gasteiger partial charge is 0.244 e. The summed E-state index contributed by atoms with van der Waals surface area (Å²) in [5.74, 6) is 3.72. The minimum absolute atomic E-state index is 0.00522. The highest BCUT2D eigenvalue weighted by molar-refractivity contribution is 4.88. The van der Waals surface area contributed by atoms with Crippen LogP contribution in [0.15, 0.2) is 0 Å². The Kier molecular flexibility index (Phi) is 8.45. The Bertz CT molecular complexity index is 407. The van der Waals surface area contributed by atoms with Crippen LogP contribution in [-0.2, 0) is 0 Å². The summed E-state index contributed by atoms with van der Waals surface area (Å²) in [6.07, 6.45) is 16.5. The number of rotatable bonds is 7. The van der Waals surface area contributed by atoms with Crippen molar-refractivity contribution in [1.82, 2.24) is 0 Å². The molecule has 0 saturated heterocycles. The normalized spacial score (nSPS) is 43.6. The summed E-state index contributed by atoms with van der Waals surface area (Å²) in [7, 11) is 0. The van der Waals surface area contributed by atoms with E-state index in [2.05, 4.69) is 6.92 Å². The molecule has 0 heterocycles. The van der Waals surface area contributed by atoms with Gasteiger partial charge in [-0.05, 0) is 80.5 Å². The third-order valence-electron chi connectivity index (χ3n) is 8.73. The van der Waals surface area contributed by atoms with E-state index >= 15 is 0 Å². The van der Waals surface area contributed by atoms with Crippen LogP contribution in [0.2, 0.25) is 0 Å². The molecule has 4 unspecified atom stereocenters. The highest BCUT2D eigenvalue weighted by Crippen LogP contribution is 2.44. The Morgan fingerprint density at radius 3 is 1.56 bits per heavy atom. The van der Waals surface area contributed by atoms with Crippen molar-refractivity contribution >= 4 is 0 Å². The van der Waals surface area contributed by atoms with Crippen LogP contribution < -0.4 is 0 Å². The van der Waals surface area contributed by atoms with Gasteiger partial charge in [-0.25, -0.2) is 8.78 Å². The lowest BCUT2D eigenvalue weighted by atomic mass is 9.67. The van der Waals surface area contributed by atoms with Crippen LogP contribution in [-0.4, -0.2) is 12.3 Å². The van der Waals surface area contributed by atoms with E-state index < -0.39 is 12.3 Å². The predicted octanol–water partition coefficient (Wildman–Crippen LogP) is 8.29. The van der Waals surface area contributed by atoms with Gasteiger partial charge in [-0.2, -0.15) is 0 Å². The van der Waals surface area contributed by atoms with Gasteiger partial charge in [-0.1, -0.05) is 65.2 Å². The first-order valence-corrected chi connectivity index (χ1v) is 12.4. The maximum absolute atomic E-state index is 14.4. The second-order valence-electron chi connectivity index (χ2n) is 10.3.